The van der Waals surface area contributed by atoms with Crippen LogP contribution >= 0.6 is 11.8 Å². The van der Waals surface area contributed by atoms with Crippen molar-refractivity contribution < 1.29 is 19.1 Å². The molecule has 0 aromatic heterocycles. The molecule has 0 unspecified atom stereocenters. The van der Waals surface area contributed by atoms with Gasteiger partial charge in [0.2, 0.25) is 0 Å². The van der Waals surface area contributed by atoms with E-state index < -0.39 is 5.91 Å². The van der Waals surface area contributed by atoms with Crippen molar-refractivity contribution >= 4 is 40.5 Å². The Labute approximate surface area is 160 Å². The maximum absolute atomic E-state index is 11.8. The van der Waals surface area contributed by atoms with Gasteiger partial charge in [-0.05, 0) is 47.7 Å². The summed E-state index contributed by atoms with van der Waals surface area (Å²) in [5, 5.41) is 2.54. The monoisotopic (exact) mass is 383 g/mol. The Bertz CT molecular complexity index is 926. The summed E-state index contributed by atoms with van der Waals surface area (Å²) >= 11 is 1.06. The third kappa shape index (κ3) is 4.89. The number of methoxy groups -OCH3 is 1. The lowest BCUT2D eigenvalue weighted by atomic mass is 10.2. The number of rotatable bonds is 6. The van der Waals surface area contributed by atoms with Gasteiger partial charge in [0.25, 0.3) is 11.1 Å². The van der Waals surface area contributed by atoms with Gasteiger partial charge in [0, 0.05) is 0 Å². The number of nitrogens with one attached hydrogen (secondary N) is 1. The SMILES string of the molecule is COc1ccc(C=C2SC(=O)NC2=Nc2ccccc2)cc1OCC(N)=O. The molecule has 0 spiro atoms. The fraction of sp³-hybridized carbons (Fsp3) is 0.105. The summed E-state index contributed by atoms with van der Waals surface area (Å²) in [5.41, 5.74) is 6.62. The summed E-state index contributed by atoms with van der Waals surface area (Å²) in [5.74, 6) is 0.755. The second kappa shape index (κ2) is 8.41. The zero-order chi connectivity index (χ0) is 19.2. The molecule has 3 N–H and O–H groups in total. The van der Waals surface area contributed by atoms with Gasteiger partial charge in [-0.15, -0.1) is 0 Å². The first-order valence-corrected chi connectivity index (χ1v) is 8.80. The summed E-state index contributed by atoms with van der Waals surface area (Å²) in [6.45, 7) is -0.258. The van der Waals surface area contributed by atoms with E-state index in [9.17, 15) is 9.59 Å². The molecule has 0 atom stereocenters. The van der Waals surface area contributed by atoms with Gasteiger partial charge in [-0.25, -0.2) is 4.99 Å². The highest BCUT2D eigenvalue weighted by Crippen LogP contribution is 2.32. The summed E-state index contributed by atoms with van der Waals surface area (Å²) in [6.07, 6.45) is 1.81. The van der Waals surface area contributed by atoms with Crippen molar-refractivity contribution in [1.82, 2.24) is 5.32 Å². The Balaban J connectivity index is 1.91. The van der Waals surface area contributed by atoms with Gasteiger partial charge in [-0.1, -0.05) is 24.3 Å². The molecule has 7 nitrogen and oxygen atoms in total. The molecule has 1 saturated heterocycles. The molecule has 3 rings (SSSR count). The molecule has 138 valence electrons. The van der Waals surface area contributed by atoms with E-state index in [0.717, 1.165) is 23.0 Å². The van der Waals surface area contributed by atoms with Crippen molar-refractivity contribution in [3.05, 3.63) is 59.0 Å². The number of carbonyl (C=O) groups excluding carboxylic acids is 2. The third-order valence-corrected chi connectivity index (χ3v) is 4.33. The van der Waals surface area contributed by atoms with E-state index >= 15 is 0 Å². The average Bonchev–Trinajstić information content (AvgIpc) is 2.99. The predicted octanol–water partition coefficient (Wildman–Crippen LogP) is 3.09. The van der Waals surface area contributed by atoms with Gasteiger partial charge in [0.15, 0.2) is 18.1 Å². The van der Waals surface area contributed by atoms with Gasteiger partial charge in [-0.3, -0.25) is 9.59 Å². The molecule has 1 aliphatic rings. The van der Waals surface area contributed by atoms with Gasteiger partial charge in [-0.2, -0.15) is 0 Å². The highest BCUT2D eigenvalue weighted by molar-refractivity contribution is 8.18. The minimum absolute atomic E-state index is 0.199. The Morgan fingerprint density at radius 3 is 2.70 bits per heavy atom. The van der Waals surface area contributed by atoms with Crippen LogP contribution < -0.4 is 20.5 Å². The molecule has 0 aliphatic carbocycles. The summed E-state index contributed by atoms with van der Waals surface area (Å²) in [7, 11) is 1.50. The molecule has 0 saturated carbocycles. The van der Waals surface area contributed by atoms with Gasteiger partial charge in [0.05, 0.1) is 17.7 Å². The molecular weight excluding hydrogens is 366 g/mol. The van der Waals surface area contributed by atoms with E-state index in [1.54, 1.807) is 18.2 Å². The standard InChI is InChI=1S/C19H17N3O4S/c1-25-14-8-7-12(9-15(14)26-11-17(20)23)10-16-18(22-19(24)27-16)21-13-5-3-2-4-6-13/h2-10H,11H2,1H3,(H2,20,23)(H,21,22,24). The highest BCUT2D eigenvalue weighted by atomic mass is 32.2. The minimum Gasteiger partial charge on any atom is -0.493 e. The number of ether oxygens (including phenoxy) is 2. The molecule has 0 bridgehead atoms. The Morgan fingerprint density at radius 1 is 1.22 bits per heavy atom. The molecular formula is C19H17N3O4S. The minimum atomic E-state index is -0.584. The maximum atomic E-state index is 11.8. The average molecular weight is 383 g/mol. The first-order chi connectivity index (χ1) is 13.0. The first-order valence-electron chi connectivity index (χ1n) is 7.99. The number of primary amides is 1. The third-order valence-electron chi connectivity index (χ3n) is 3.51. The second-order valence-electron chi connectivity index (χ2n) is 5.48. The Kier molecular flexibility index (Phi) is 5.77. The molecule has 2 aromatic carbocycles. The van der Waals surface area contributed by atoms with Crippen LogP contribution in [0.4, 0.5) is 10.5 Å². The van der Waals surface area contributed by atoms with Crippen LogP contribution in [0.1, 0.15) is 5.56 Å². The molecule has 8 heteroatoms. The number of amidine groups is 1. The summed E-state index contributed by atoms with van der Waals surface area (Å²) in [6, 6.07) is 14.6. The fourth-order valence-corrected chi connectivity index (χ4v) is 3.08. The van der Waals surface area contributed by atoms with E-state index in [1.165, 1.54) is 7.11 Å². The fourth-order valence-electron chi connectivity index (χ4n) is 2.34. The van der Waals surface area contributed by atoms with Crippen LogP contribution in [-0.4, -0.2) is 30.7 Å². The maximum Gasteiger partial charge on any atom is 0.289 e. The highest BCUT2D eigenvalue weighted by Gasteiger charge is 2.23. The van der Waals surface area contributed by atoms with Gasteiger partial charge >= 0.3 is 0 Å². The van der Waals surface area contributed by atoms with E-state index in [2.05, 4.69) is 10.3 Å². The van der Waals surface area contributed by atoms with Crippen molar-refractivity contribution in [3.63, 3.8) is 0 Å². The van der Waals surface area contributed by atoms with Crippen molar-refractivity contribution in [2.24, 2.45) is 10.7 Å². The van der Waals surface area contributed by atoms with E-state index in [-0.39, 0.29) is 11.8 Å². The zero-order valence-corrected chi connectivity index (χ0v) is 15.3. The number of nitrogens with two attached hydrogens (primary N) is 1. The van der Waals surface area contributed by atoms with Crippen molar-refractivity contribution in [3.8, 4) is 11.5 Å². The summed E-state index contributed by atoms with van der Waals surface area (Å²) < 4.78 is 10.6. The first kappa shape index (κ1) is 18.5. The molecule has 2 aromatic rings. The van der Waals surface area contributed by atoms with Crippen LogP contribution in [0.25, 0.3) is 6.08 Å². The Morgan fingerprint density at radius 2 is 2.00 bits per heavy atom. The zero-order valence-electron chi connectivity index (χ0n) is 14.5. The van der Waals surface area contributed by atoms with Crippen LogP contribution in [0.15, 0.2) is 58.4 Å². The van der Waals surface area contributed by atoms with Crippen molar-refractivity contribution in [2.45, 2.75) is 0 Å². The quantitative estimate of drug-likeness (QED) is 0.798. The number of hydrogen-bond acceptors (Lipinski definition) is 6. The van der Waals surface area contributed by atoms with Crippen molar-refractivity contribution in [2.75, 3.05) is 13.7 Å². The van der Waals surface area contributed by atoms with Crippen LogP contribution in [0, 0.1) is 0 Å². The lowest BCUT2D eigenvalue weighted by molar-refractivity contribution is -0.119. The number of hydrogen-bond donors (Lipinski definition) is 2. The topological polar surface area (TPSA) is 103 Å². The van der Waals surface area contributed by atoms with Crippen LogP contribution in [0.2, 0.25) is 0 Å². The van der Waals surface area contributed by atoms with Crippen LogP contribution in [0.3, 0.4) is 0 Å². The molecule has 0 radical (unpaired) electrons. The lowest BCUT2D eigenvalue weighted by Crippen LogP contribution is -2.20. The second-order valence-corrected chi connectivity index (χ2v) is 6.50. The summed E-state index contributed by atoms with van der Waals surface area (Å²) in [4.78, 5) is 27.9. The molecule has 27 heavy (non-hydrogen) atoms. The van der Waals surface area contributed by atoms with E-state index in [1.807, 2.05) is 36.4 Å². The Hall–Kier alpha value is -3.26. The van der Waals surface area contributed by atoms with E-state index in [0.29, 0.717) is 22.2 Å². The van der Waals surface area contributed by atoms with Crippen LogP contribution in [0.5, 0.6) is 11.5 Å². The number of aliphatic imine (C=N–C) groups is 1. The number of thioether (sulfide) groups is 1. The number of carbonyl (C=O) groups is 2. The predicted molar refractivity (Wildman–Crippen MR) is 105 cm³/mol. The molecule has 1 fully saturated rings. The lowest BCUT2D eigenvalue weighted by Gasteiger charge is -2.10. The molecule has 1 heterocycles. The molecule has 2 amide bonds. The van der Waals surface area contributed by atoms with Gasteiger partial charge in [0.1, 0.15) is 5.84 Å². The number of amides is 2. The van der Waals surface area contributed by atoms with Crippen LogP contribution in [-0.2, 0) is 4.79 Å². The normalized spacial score (nSPS) is 16.4. The smallest absolute Gasteiger partial charge is 0.289 e. The van der Waals surface area contributed by atoms with Gasteiger partial charge < -0.3 is 20.5 Å². The van der Waals surface area contributed by atoms with E-state index in [4.69, 9.17) is 15.2 Å². The van der Waals surface area contributed by atoms with Crippen molar-refractivity contribution in [1.29, 1.82) is 0 Å². The number of para-hydroxylation sites is 1. The molecule has 1 aliphatic heterocycles. The number of benzene rings is 2. The number of nitrogens with zero attached hydrogens (tertiary/aromatic N) is 1. The largest absolute Gasteiger partial charge is 0.493 e.